The van der Waals surface area contributed by atoms with Crippen LogP contribution in [0.1, 0.15) is 57.2 Å². The SMILES string of the molecule is CCC(NCC(C(C)C)N1CCCC1)c1ccc(C)cc1. The number of hydrogen-bond acceptors (Lipinski definition) is 2. The average Bonchev–Trinajstić information content (AvgIpc) is 2.98. The van der Waals surface area contributed by atoms with E-state index < -0.39 is 0 Å². The number of nitrogens with one attached hydrogen (secondary N) is 1. The molecule has 1 aromatic rings. The van der Waals surface area contributed by atoms with E-state index in [1.165, 1.54) is 37.1 Å². The Hall–Kier alpha value is -0.860. The highest BCUT2D eigenvalue weighted by Gasteiger charge is 2.25. The van der Waals surface area contributed by atoms with Crippen LogP contribution >= 0.6 is 0 Å². The summed E-state index contributed by atoms with van der Waals surface area (Å²) in [6, 6.07) is 10.1. The normalized spacial score (nSPS) is 19.1. The Kier molecular flexibility index (Phi) is 6.25. The Morgan fingerprint density at radius 3 is 2.24 bits per heavy atom. The first-order valence-corrected chi connectivity index (χ1v) is 8.65. The van der Waals surface area contributed by atoms with Crippen LogP contribution in [0.2, 0.25) is 0 Å². The van der Waals surface area contributed by atoms with Crippen molar-refractivity contribution in [3.05, 3.63) is 35.4 Å². The van der Waals surface area contributed by atoms with Gasteiger partial charge in [0.25, 0.3) is 0 Å². The highest BCUT2D eigenvalue weighted by atomic mass is 15.2. The zero-order valence-corrected chi connectivity index (χ0v) is 14.2. The highest BCUT2D eigenvalue weighted by molar-refractivity contribution is 5.24. The molecule has 0 aliphatic carbocycles. The molecule has 1 fully saturated rings. The zero-order chi connectivity index (χ0) is 15.2. The molecule has 1 N–H and O–H groups in total. The Morgan fingerprint density at radius 2 is 1.71 bits per heavy atom. The molecule has 1 aliphatic heterocycles. The molecule has 1 aromatic carbocycles. The summed E-state index contributed by atoms with van der Waals surface area (Å²) in [6.07, 6.45) is 3.89. The van der Waals surface area contributed by atoms with Gasteiger partial charge < -0.3 is 5.32 Å². The standard InChI is InChI=1S/C19H32N2/c1-5-18(17-10-8-16(4)9-11-17)20-14-19(15(2)3)21-12-6-7-13-21/h8-11,15,18-20H,5-7,12-14H2,1-4H3. The Morgan fingerprint density at radius 1 is 1.10 bits per heavy atom. The summed E-state index contributed by atoms with van der Waals surface area (Å²) in [6.45, 7) is 12.8. The van der Waals surface area contributed by atoms with Crippen LogP contribution in [0.5, 0.6) is 0 Å². The lowest BCUT2D eigenvalue weighted by Crippen LogP contribution is -2.45. The van der Waals surface area contributed by atoms with E-state index >= 15 is 0 Å². The highest BCUT2D eigenvalue weighted by Crippen LogP contribution is 2.20. The fraction of sp³-hybridized carbons (Fsp3) is 0.684. The molecule has 2 rings (SSSR count). The van der Waals surface area contributed by atoms with Gasteiger partial charge >= 0.3 is 0 Å². The first-order valence-electron chi connectivity index (χ1n) is 8.65. The molecule has 0 bridgehead atoms. The van der Waals surface area contributed by atoms with Crippen LogP contribution in [0.25, 0.3) is 0 Å². The fourth-order valence-corrected chi connectivity index (χ4v) is 3.42. The van der Waals surface area contributed by atoms with Crippen LogP contribution in [-0.4, -0.2) is 30.6 Å². The summed E-state index contributed by atoms with van der Waals surface area (Å²) in [5.74, 6) is 0.714. The van der Waals surface area contributed by atoms with Crippen LogP contribution < -0.4 is 5.32 Å². The quantitative estimate of drug-likeness (QED) is 0.810. The molecule has 118 valence electrons. The smallest absolute Gasteiger partial charge is 0.0318 e. The molecule has 0 aromatic heterocycles. The van der Waals surface area contributed by atoms with Gasteiger partial charge in [-0.1, -0.05) is 50.6 Å². The minimum absolute atomic E-state index is 0.481. The lowest BCUT2D eigenvalue weighted by molar-refractivity contribution is 0.181. The second-order valence-electron chi connectivity index (χ2n) is 6.83. The molecule has 0 spiro atoms. The van der Waals surface area contributed by atoms with E-state index in [0.29, 0.717) is 18.0 Å². The van der Waals surface area contributed by atoms with E-state index in [1.54, 1.807) is 0 Å². The molecular formula is C19H32N2. The first kappa shape index (κ1) is 16.5. The van der Waals surface area contributed by atoms with Gasteiger partial charge in [-0.2, -0.15) is 0 Å². The van der Waals surface area contributed by atoms with Gasteiger partial charge in [-0.25, -0.2) is 0 Å². The topological polar surface area (TPSA) is 15.3 Å². The molecular weight excluding hydrogens is 256 g/mol. The zero-order valence-electron chi connectivity index (χ0n) is 14.2. The third-order valence-electron chi connectivity index (χ3n) is 4.84. The fourth-order valence-electron chi connectivity index (χ4n) is 3.42. The van der Waals surface area contributed by atoms with E-state index in [4.69, 9.17) is 0 Å². The minimum Gasteiger partial charge on any atom is -0.308 e. The van der Waals surface area contributed by atoms with Crippen molar-refractivity contribution in [2.24, 2.45) is 5.92 Å². The van der Waals surface area contributed by atoms with E-state index in [-0.39, 0.29) is 0 Å². The molecule has 21 heavy (non-hydrogen) atoms. The van der Waals surface area contributed by atoms with Crippen molar-refractivity contribution in [3.8, 4) is 0 Å². The van der Waals surface area contributed by atoms with Crippen LogP contribution in [0.3, 0.4) is 0 Å². The number of rotatable bonds is 7. The molecule has 1 saturated heterocycles. The maximum absolute atomic E-state index is 3.82. The number of benzene rings is 1. The van der Waals surface area contributed by atoms with Gasteiger partial charge in [-0.15, -0.1) is 0 Å². The van der Waals surface area contributed by atoms with Gasteiger partial charge in [0.15, 0.2) is 0 Å². The van der Waals surface area contributed by atoms with E-state index in [0.717, 1.165) is 13.0 Å². The molecule has 2 atom stereocenters. The van der Waals surface area contributed by atoms with Crippen LogP contribution in [-0.2, 0) is 0 Å². The Bertz CT molecular complexity index is 404. The third kappa shape index (κ3) is 4.55. The lowest BCUT2D eigenvalue weighted by atomic mass is 9.99. The Labute approximate surface area is 130 Å². The summed E-state index contributed by atoms with van der Waals surface area (Å²) < 4.78 is 0. The van der Waals surface area contributed by atoms with E-state index in [9.17, 15) is 0 Å². The Balaban J connectivity index is 1.95. The van der Waals surface area contributed by atoms with Gasteiger partial charge in [0.1, 0.15) is 0 Å². The van der Waals surface area contributed by atoms with Gasteiger partial charge in [0.2, 0.25) is 0 Å². The molecule has 1 heterocycles. The van der Waals surface area contributed by atoms with Gasteiger partial charge in [0.05, 0.1) is 0 Å². The number of aryl methyl sites for hydroxylation is 1. The van der Waals surface area contributed by atoms with Crippen molar-refractivity contribution in [2.75, 3.05) is 19.6 Å². The molecule has 2 unspecified atom stereocenters. The summed E-state index contributed by atoms with van der Waals surface area (Å²) in [5, 5.41) is 3.82. The van der Waals surface area contributed by atoms with Crippen molar-refractivity contribution >= 4 is 0 Å². The van der Waals surface area contributed by atoms with Crippen molar-refractivity contribution in [1.29, 1.82) is 0 Å². The third-order valence-corrected chi connectivity index (χ3v) is 4.84. The van der Waals surface area contributed by atoms with Crippen LogP contribution in [0, 0.1) is 12.8 Å². The molecule has 2 nitrogen and oxygen atoms in total. The minimum atomic E-state index is 0.481. The molecule has 0 saturated carbocycles. The summed E-state index contributed by atoms with van der Waals surface area (Å²) in [5.41, 5.74) is 2.76. The summed E-state index contributed by atoms with van der Waals surface area (Å²) in [4.78, 5) is 2.68. The predicted octanol–water partition coefficient (Wildman–Crippen LogP) is 4.16. The maximum Gasteiger partial charge on any atom is 0.0318 e. The summed E-state index contributed by atoms with van der Waals surface area (Å²) >= 11 is 0. The predicted molar refractivity (Wildman–Crippen MR) is 91.6 cm³/mol. The van der Waals surface area contributed by atoms with Crippen molar-refractivity contribution in [3.63, 3.8) is 0 Å². The second-order valence-corrected chi connectivity index (χ2v) is 6.83. The van der Waals surface area contributed by atoms with Gasteiger partial charge in [-0.05, 0) is 50.8 Å². The van der Waals surface area contributed by atoms with Crippen LogP contribution in [0.15, 0.2) is 24.3 Å². The van der Waals surface area contributed by atoms with Gasteiger partial charge in [-0.3, -0.25) is 4.90 Å². The first-order chi connectivity index (χ1) is 10.1. The molecule has 0 radical (unpaired) electrons. The van der Waals surface area contributed by atoms with Gasteiger partial charge in [0, 0.05) is 18.6 Å². The molecule has 2 heteroatoms. The molecule has 0 amide bonds. The van der Waals surface area contributed by atoms with Crippen LogP contribution in [0.4, 0.5) is 0 Å². The maximum atomic E-state index is 3.82. The van der Waals surface area contributed by atoms with Crippen molar-refractivity contribution in [1.82, 2.24) is 10.2 Å². The lowest BCUT2D eigenvalue weighted by Gasteiger charge is -2.32. The van der Waals surface area contributed by atoms with E-state index in [2.05, 4.69) is 62.2 Å². The largest absolute Gasteiger partial charge is 0.308 e. The average molecular weight is 288 g/mol. The van der Waals surface area contributed by atoms with Crippen molar-refractivity contribution < 1.29 is 0 Å². The monoisotopic (exact) mass is 288 g/mol. The number of nitrogens with zero attached hydrogens (tertiary/aromatic N) is 1. The summed E-state index contributed by atoms with van der Waals surface area (Å²) in [7, 11) is 0. The number of hydrogen-bond donors (Lipinski definition) is 1. The second kappa shape index (κ2) is 7.95. The number of likely N-dealkylation sites (tertiary alicyclic amines) is 1. The van der Waals surface area contributed by atoms with E-state index in [1.807, 2.05) is 0 Å². The van der Waals surface area contributed by atoms with Crippen molar-refractivity contribution in [2.45, 2.75) is 59.0 Å². The molecule has 1 aliphatic rings.